The highest BCUT2D eigenvalue weighted by Crippen LogP contribution is 2.29. The van der Waals surface area contributed by atoms with Crippen molar-refractivity contribution in [1.29, 1.82) is 0 Å². The number of ether oxygens (including phenoxy) is 1. The van der Waals surface area contributed by atoms with Gasteiger partial charge in [0.25, 0.3) is 0 Å². The Morgan fingerprint density at radius 3 is 2.68 bits per heavy atom. The quantitative estimate of drug-likeness (QED) is 0.416. The summed E-state index contributed by atoms with van der Waals surface area (Å²) in [5, 5.41) is 3.42. The molecule has 0 radical (unpaired) electrons. The number of carbonyl (C=O) groups is 1. The number of Topliss-reactive ketones (excluding diaryl/α,β-unsaturated/α-hetero) is 1. The fraction of sp³-hybridized carbons (Fsp3) is 0.240. The molecule has 2 aromatic carbocycles. The van der Waals surface area contributed by atoms with Gasteiger partial charge >= 0.3 is 0 Å². The number of imidazole rings is 1. The molecule has 0 atom stereocenters. The predicted molar refractivity (Wildman–Crippen MR) is 123 cm³/mol. The molecule has 2 heterocycles. The molecule has 1 N–H and O–H groups in total. The summed E-state index contributed by atoms with van der Waals surface area (Å²) in [5.74, 6) is 2.62. The average Bonchev–Trinajstić information content (AvgIpc) is 3.02. The number of aryl methyl sites for hydroxylation is 1. The van der Waals surface area contributed by atoms with Crippen LogP contribution >= 0.6 is 0 Å². The van der Waals surface area contributed by atoms with Crippen LogP contribution in [0.4, 0.5) is 11.6 Å². The Balaban J connectivity index is 1.58. The van der Waals surface area contributed by atoms with Crippen molar-refractivity contribution < 1.29 is 9.53 Å². The van der Waals surface area contributed by atoms with Gasteiger partial charge in [-0.2, -0.15) is 0 Å². The van der Waals surface area contributed by atoms with Crippen LogP contribution in [0, 0.1) is 0 Å². The van der Waals surface area contributed by atoms with Crippen molar-refractivity contribution >= 4 is 28.5 Å². The minimum Gasteiger partial charge on any atom is -0.457 e. The number of hydrogen-bond acceptors (Lipinski definition) is 5. The van der Waals surface area contributed by atoms with E-state index in [1.807, 2.05) is 35.9 Å². The molecule has 0 aliphatic rings. The number of rotatable bonds is 7. The molecule has 4 rings (SSSR count). The van der Waals surface area contributed by atoms with Crippen molar-refractivity contribution in [3.8, 4) is 11.5 Å². The SMILES string of the molecule is CC(=O)Cc1cc(Oc2ccc3c(c2)nc(Nc2cccc(C(C)C)c2)n3C)ccn1. The number of fused-ring (bicyclic) bond motifs is 1. The first-order valence-electron chi connectivity index (χ1n) is 10.3. The van der Waals surface area contributed by atoms with Crippen LogP contribution in [0.25, 0.3) is 11.0 Å². The number of carbonyl (C=O) groups excluding carboxylic acids is 1. The van der Waals surface area contributed by atoms with Crippen molar-refractivity contribution in [2.45, 2.75) is 33.1 Å². The highest BCUT2D eigenvalue weighted by molar-refractivity contribution is 5.81. The summed E-state index contributed by atoms with van der Waals surface area (Å²) in [4.78, 5) is 20.3. The van der Waals surface area contributed by atoms with Crippen LogP contribution < -0.4 is 10.1 Å². The van der Waals surface area contributed by atoms with E-state index in [0.717, 1.165) is 22.7 Å². The van der Waals surface area contributed by atoms with Gasteiger partial charge in [-0.05, 0) is 48.7 Å². The third kappa shape index (κ3) is 4.74. The third-order valence-corrected chi connectivity index (χ3v) is 5.12. The van der Waals surface area contributed by atoms with Crippen molar-refractivity contribution in [3.63, 3.8) is 0 Å². The van der Waals surface area contributed by atoms with E-state index in [4.69, 9.17) is 9.72 Å². The first kappa shape index (κ1) is 20.6. The summed E-state index contributed by atoms with van der Waals surface area (Å²) in [7, 11) is 1.99. The fourth-order valence-corrected chi connectivity index (χ4v) is 3.47. The van der Waals surface area contributed by atoms with Crippen molar-refractivity contribution in [2.24, 2.45) is 7.05 Å². The number of anilines is 2. The topological polar surface area (TPSA) is 69.0 Å². The highest BCUT2D eigenvalue weighted by atomic mass is 16.5. The van der Waals surface area contributed by atoms with E-state index in [1.54, 1.807) is 25.3 Å². The summed E-state index contributed by atoms with van der Waals surface area (Å²) in [6, 6.07) is 17.8. The van der Waals surface area contributed by atoms with E-state index < -0.39 is 0 Å². The van der Waals surface area contributed by atoms with Crippen LogP contribution in [-0.4, -0.2) is 20.3 Å². The number of aromatic nitrogens is 3. The van der Waals surface area contributed by atoms with Gasteiger partial charge in [0, 0.05) is 37.5 Å². The van der Waals surface area contributed by atoms with Crippen LogP contribution in [0.3, 0.4) is 0 Å². The Kier molecular flexibility index (Phi) is 5.71. The average molecular weight is 415 g/mol. The van der Waals surface area contributed by atoms with E-state index in [2.05, 4.69) is 42.3 Å². The summed E-state index contributed by atoms with van der Waals surface area (Å²) >= 11 is 0. The number of benzene rings is 2. The highest BCUT2D eigenvalue weighted by Gasteiger charge is 2.11. The van der Waals surface area contributed by atoms with Gasteiger partial charge < -0.3 is 14.6 Å². The van der Waals surface area contributed by atoms with E-state index in [-0.39, 0.29) is 5.78 Å². The molecule has 0 bridgehead atoms. The van der Waals surface area contributed by atoms with Gasteiger partial charge in [-0.3, -0.25) is 9.78 Å². The van der Waals surface area contributed by atoms with Gasteiger partial charge in [0.1, 0.15) is 17.3 Å². The third-order valence-electron chi connectivity index (χ3n) is 5.12. The van der Waals surface area contributed by atoms with Gasteiger partial charge in [0.2, 0.25) is 5.95 Å². The minimum atomic E-state index is 0.0681. The standard InChI is InChI=1S/C25H26N4O2/c1-16(2)18-6-5-7-19(13-18)27-25-28-23-15-21(8-9-24(23)29(25)4)31-22-10-11-26-20(14-22)12-17(3)30/h5-11,13-16H,12H2,1-4H3,(H,27,28). The molecule has 6 heteroatoms. The zero-order valence-electron chi connectivity index (χ0n) is 18.2. The second-order valence-electron chi connectivity index (χ2n) is 8.01. The Bertz CT molecular complexity index is 1240. The maximum Gasteiger partial charge on any atom is 0.208 e. The number of nitrogens with one attached hydrogen (secondary N) is 1. The van der Waals surface area contributed by atoms with Crippen molar-refractivity contribution in [2.75, 3.05) is 5.32 Å². The zero-order valence-corrected chi connectivity index (χ0v) is 18.2. The summed E-state index contributed by atoms with van der Waals surface area (Å²) in [6.07, 6.45) is 1.95. The molecule has 31 heavy (non-hydrogen) atoms. The second-order valence-corrected chi connectivity index (χ2v) is 8.01. The molecule has 158 valence electrons. The molecule has 0 fully saturated rings. The number of pyridine rings is 1. The Hall–Kier alpha value is -3.67. The summed E-state index contributed by atoms with van der Waals surface area (Å²) in [5.41, 5.74) is 4.82. The van der Waals surface area contributed by atoms with Crippen LogP contribution in [0.15, 0.2) is 60.8 Å². The minimum absolute atomic E-state index is 0.0681. The lowest BCUT2D eigenvalue weighted by atomic mass is 10.0. The van der Waals surface area contributed by atoms with Gasteiger partial charge in [-0.15, -0.1) is 0 Å². The second kappa shape index (κ2) is 8.60. The molecule has 0 amide bonds. The number of hydrogen-bond donors (Lipinski definition) is 1. The molecule has 0 aliphatic carbocycles. The van der Waals surface area contributed by atoms with Gasteiger partial charge in [0.15, 0.2) is 0 Å². The molecule has 0 aliphatic heterocycles. The molecule has 0 saturated heterocycles. The number of ketones is 1. The van der Waals surface area contributed by atoms with Crippen molar-refractivity contribution in [3.05, 3.63) is 72.1 Å². The molecule has 0 spiro atoms. The smallest absolute Gasteiger partial charge is 0.208 e. The fourth-order valence-electron chi connectivity index (χ4n) is 3.47. The molecule has 4 aromatic rings. The Morgan fingerprint density at radius 1 is 1.10 bits per heavy atom. The normalized spacial score (nSPS) is 11.1. The van der Waals surface area contributed by atoms with Crippen LogP contribution in [0.2, 0.25) is 0 Å². The van der Waals surface area contributed by atoms with E-state index in [1.165, 1.54) is 5.56 Å². The van der Waals surface area contributed by atoms with E-state index >= 15 is 0 Å². The van der Waals surface area contributed by atoms with E-state index in [0.29, 0.717) is 29.5 Å². The lowest BCUT2D eigenvalue weighted by molar-refractivity contribution is -0.116. The van der Waals surface area contributed by atoms with Crippen LogP contribution in [0.5, 0.6) is 11.5 Å². The molecule has 0 unspecified atom stereocenters. The predicted octanol–water partition coefficient (Wildman–Crippen LogP) is 5.76. The maximum absolute atomic E-state index is 11.3. The molecule has 0 saturated carbocycles. The molecular formula is C25H26N4O2. The Labute approximate surface area is 181 Å². The van der Waals surface area contributed by atoms with Gasteiger partial charge in [-0.1, -0.05) is 26.0 Å². The maximum atomic E-state index is 11.3. The largest absolute Gasteiger partial charge is 0.457 e. The van der Waals surface area contributed by atoms with Gasteiger partial charge in [-0.25, -0.2) is 4.98 Å². The Morgan fingerprint density at radius 2 is 1.90 bits per heavy atom. The molecular weight excluding hydrogens is 388 g/mol. The van der Waals surface area contributed by atoms with Crippen LogP contribution in [-0.2, 0) is 18.3 Å². The summed E-state index contributed by atoms with van der Waals surface area (Å²) < 4.78 is 8.02. The molecule has 6 nitrogen and oxygen atoms in total. The lowest BCUT2D eigenvalue weighted by Crippen LogP contribution is -1.99. The first-order chi connectivity index (χ1) is 14.9. The van der Waals surface area contributed by atoms with Gasteiger partial charge in [0.05, 0.1) is 16.7 Å². The molecule has 2 aromatic heterocycles. The number of nitrogens with zero attached hydrogens (tertiary/aromatic N) is 3. The lowest BCUT2D eigenvalue weighted by Gasteiger charge is -2.10. The zero-order chi connectivity index (χ0) is 22.0. The van der Waals surface area contributed by atoms with Crippen molar-refractivity contribution in [1.82, 2.24) is 14.5 Å². The van der Waals surface area contributed by atoms with E-state index in [9.17, 15) is 4.79 Å². The summed E-state index contributed by atoms with van der Waals surface area (Å²) in [6.45, 7) is 5.91. The first-order valence-corrected chi connectivity index (χ1v) is 10.3. The van der Waals surface area contributed by atoms with Crippen LogP contribution in [0.1, 0.15) is 37.9 Å². The monoisotopic (exact) mass is 414 g/mol.